The summed E-state index contributed by atoms with van der Waals surface area (Å²) in [5.41, 5.74) is 4.92. The molecule has 11 heteroatoms. The lowest BCUT2D eigenvalue weighted by molar-refractivity contribution is 0.0197. The first-order valence-electron chi connectivity index (χ1n) is 9.39. The van der Waals surface area contributed by atoms with E-state index < -0.39 is 21.3 Å². The minimum Gasteiger partial charge on any atom is -0.493 e. The molecule has 0 atom stereocenters. The molecule has 1 aliphatic rings. The molecule has 0 aliphatic carbocycles. The van der Waals surface area contributed by atoms with Crippen molar-refractivity contribution in [1.82, 2.24) is 9.62 Å². The minimum absolute atomic E-state index is 0.0165. The van der Waals surface area contributed by atoms with Crippen LogP contribution in [-0.2, 0) is 10.0 Å². The molecule has 2 aromatic carbocycles. The van der Waals surface area contributed by atoms with Gasteiger partial charge < -0.3 is 15.8 Å². The van der Waals surface area contributed by atoms with Crippen molar-refractivity contribution in [3.8, 4) is 11.8 Å². The second kappa shape index (κ2) is 9.69. The van der Waals surface area contributed by atoms with Crippen molar-refractivity contribution in [3.63, 3.8) is 0 Å². The van der Waals surface area contributed by atoms with Crippen molar-refractivity contribution in [2.45, 2.75) is 4.90 Å². The summed E-state index contributed by atoms with van der Waals surface area (Å²) < 4.78 is 46.9. The predicted molar refractivity (Wildman–Crippen MR) is 116 cm³/mol. The Balaban J connectivity index is 1.74. The number of ether oxygens (including phenoxy) is 1. The van der Waals surface area contributed by atoms with Gasteiger partial charge in [0, 0.05) is 49.2 Å². The highest BCUT2D eigenvalue weighted by molar-refractivity contribution is 7.89. The van der Waals surface area contributed by atoms with Crippen LogP contribution < -0.4 is 15.8 Å². The normalized spacial score (nSPS) is 15.8. The molecule has 0 amide bonds. The first kappa shape index (κ1) is 23.7. The van der Waals surface area contributed by atoms with Crippen LogP contribution in [0.2, 0.25) is 10.0 Å². The number of nitrogens with two attached hydrogens (primary N) is 1. The lowest BCUT2D eigenvalue weighted by Crippen LogP contribution is -2.64. The monoisotopic (exact) mass is 486 g/mol. The summed E-state index contributed by atoms with van der Waals surface area (Å²) in [5.74, 6) is -0.415. The lowest BCUT2D eigenvalue weighted by atomic mass is 9.82. The Labute approximate surface area is 190 Å². The number of halogens is 3. The predicted octanol–water partition coefficient (Wildman–Crippen LogP) is 2.62. The standard InChI is InChI=1S/C20H21Cl2FN4O3S/c21-15-2-4-19(17(22)7-15)31(28,29)27-11-20(12-27,10-26-6-5-24)13-30-16-3-1-14(9-25)18(23)8-16/h1-4,7-8,26H,5-6,10-13,24H2. The van der Waals surface area contributed by atoms with Gasteiger partial charge in [-0.05, 0) is 30.3 Å². The van der Waals surface area contributed by atoms with Crippen molar-refractivity contribution >= 4 is 33.2 Å². The van der Waals surface area contributed by atoms with Gasteiger partial charge in [0.05, 0.1) is 17.2 Å². The van der Waals surface area contributed by atoms with Crippen molar-refractivity contribution in [2.75, 3.05) is 39.3 Å². The van der Waals surface area contributed by atoms with Gasteiger partial charge >= 0.3 is 0 Å². The highest BCUT2D eigenvalue weighted by Crippen LogP contribution is 2.37. The number of sulfonamides is 1. The van der Waals surface area contributed by atoms with Crippen LogP contribution in [0.25, 0.3) is 0 Å². The van der Waals surface area contributed by atoms with Crippen LogP contribution in [0.1, 0.15) is 5.56 Å². The third-order valence-electron chi connectivity index (χ3n) is 4.96. The maximum atomic E-state index is 13.8. The summed E-state index contributed by atoms with van der Waals surface area (Å²) in [6.07, 6.45) is 0. The largest absolute Gasteiger partial charge is 0.493 e. The quantitative estimate of drug-likeness (QED) is 0.527. The molecule has 1 heterocycles. The van der Waals surface area contributed by atoms with E-state index in [1.807, 2.05) is 0 Å². The summed E-state index contributed by atoms with van der Waals surface area (Å²) in [6, 6.07) is 9.96. The van der Waals surface area contributed by atoms with Crippen molar-refractivity contribution < 1.29 is 17.5 Å². The number of nitriles is 1. The molecule has 1 aliphatic heterocycles. The molecule has 2 aromatic rings. The summed E-state index contributed by atoms with van der Waals surface area (Å²) in [6.45, 7) is 1.97. The number of hydrogen-bond donors (Lipinski definition) is 2. The summed E-state index contributed by atoms with van der Waals surface area (Å²) in [4.78, 5) is -0.0165. The van der Waals surface area contributed by atoms with Crippen LogP contribution in [0.3, 0.4) is 0 Å². The van der Waals surface area contributed by atoms with E-state index in [2.05, 4.69) is 5.32 Å². The molecule has 0 radical (unpaired) electrons. The average Bonchev–Trinajstić information content (AvgIpc) is 2.68. The van der Waals surface area contributed by atoms with Crippen LogP contribution in [-0.4, -0.2) is 52.1 Å². The molecule has 7 nitrogen and oxygen atoms in total. The van der Waals surface area contributed by atoms with E-state index in [0.29, 0.717) is 24.7 Å². The molecule has 0 spiro atoms. The second-order valence-corrected chi connectivity index (χ2v) is 10.1. The van der Waals surface area contributed by atoms with Crippen LogP contribution in [0.15, 0.2) is 41.3 Å². The zero-order valence-electron chi connectivity index (χ0n) is 16.4. The van der Waals surface area contributed by atoms with Crippen molar-refractivity contribution in [3.05, 3.63) is 57.8 Å². The van der Waals surface area contributed by atoms with Crippen LogP contribution in [0.4, 0.5) is 4.39 Å². The Morgan fingerprint density at radius 1 is 1.26 bits per heavy atom. The zero-order chi connectivity index (χ0) is 22.6. The fraction of sp³-hybridized carbons (Fsp3) is 0.350. The van der Waals surface area contributed by atoms with Gasteiger partial charge in [-0.15, -0.1) is 0 Å². The topological polar surface area (TPSA) is 108 Å². The van der Waals surface area contributed by atoms with Gasteiger partial charge in [-0.1, -0.05) is 23.2 Å². The van der Waals surface area contributed by atoms with Crippen molar-refractivity contribution in [2.24, 2.45) is 11.1 Å². The van der Waals surface area contributed by atoms with Gasteiger partial charge in [-0.25, -0.2) is 12.8 Å². The number of hydrogen-bond acceptors (Lipinski definition) is 6. The fourth-order valence-electron chi connectivity index (χ4n) is 3.32. The highest BCUT2D eigenvalue weighted by Gasteiger charge is 2.49. The SMILES string of the molecule is N#Cc1ccc(OCC2(CNCCN)CN(S(=O)(=O)c3ccc(Cl)cc3Cl)C2)cc1F. The fourth-order valence-corrected chi connectivity index (χ4v) is 5.73. The van der Waals surface area contributed by atoms with E-state index in [1.54, 1.807) is 6.07 Å². The van der Waals surface area contributed by atoms with E-state index in [4.69, 9.17) is 38.9 Å². The average molecular weight is 487 g/mol. The third kappa shape index (κ3) is 5.29. The molecule has 0 saturated carbocycles. The number of rotatable bonds is 9. The van der Waals surface area contributed by atoms with Gasteiger partial charge in [0.15, 0.2) is 0 Å². The van der Waals surface area contributed by atoms with E-state index in [0.717, 1.165) is 6.07 Å². The summed E-state index contributed by atoms with van der Waals surface area (Å²) in [7, 11) is -3.81. The molecule has 3 N–H and O–H groups in total. The third-order valence-corrected chi connectivity index (χ3v) is 7.47. The van der Waals surface area contributed by atoms with E-state index in [1.165, 1.54) is 34.6 Å². The first-order chi connectivity index (χ1) is 14.7. The molecule has 3 rings (SSSR count). The number of benzene rings is 2. The van der Waals surface area contributed by atoms with E-state index >= 15 is 0 Å². The van der Waals surface area contributed by atoms with Gasteiger partial charge in [0.2, 0.25) is 10.0 Å². The Morgan fingerprint density at radius 2 is 2.00 bits per heavy atom. The van der Waals surface area contributed by atoms with Gasteiger partial charge in [-0.3, -0.25) is 0 Å². The van der Waals surface area contributed by atoms with E-state index in [-0.39, 0.29) is 40.9 Å². The minimum atomic E-state index is -3.81. The van der Waals surface area contributed by atoms with Crippen LogP contribution in [0, 0.1) is 22.6 Å². The van der Waals surface area contributed by atoms with Gasteiger partial charge in [0.1, 0.15) is 22.5 Å². The maximum Gasteiger partial charge on any atom is 0.244 e. The molecule has 1 saturated heterocycles. The van der Waals surface area contributed by atoms with Gasteiger partial charge in [0.25, 0.3) is 0 Å². The summed E-state index contributed by atoms with van der Waals surface area (Å²) >= 11 is 12.0. The maximum absolute atomic E-state index is 13.8. The zero-order valence-corrected chi connectivity index (χ0v) is 18.8. The Bertz CT molecular complexity index is 1100. The Morgan fingerprint density at radius 3 is 2.61 bits per heavy atom. The van der Waals surface area contributed by atoms with Crippen LogP contribution >= 0.6 is 23.2 Å². The number of nitrogens with zero attached hydrogens (tertiary/aromatic N) is 2. The smallest absolute Gasteiger partial charge is 0.244 e. The second-order valence-electron chi connectivity index (χ2n) is 7.36. The molecule has 166 valence electrons. The van der Waals surface area contributed by atoms with Gasteiger partial charge in [-0.2, -0.15) is 9.57 Å². The molecular weight excluding hydrogens is 466 g/mol. The van der Waals surface area contributed by atoms with Crippen LogP contribution in [0.5, 0.6) is 5.75 Å². The Kier molecular flexibility index (Phi) is 7.42. The van der Waals surface area contributed by atoms with E-state index in [9.17, 15) is 12.8 Å². The molecular formula is C20H21Cl2FN4O3S. The summed E-state index contributed by atoms with van der Waals surface area (Å²) in [5, 5.41) is 12.4. The number of nitrogens with one attached hydrogen (secondary N) is 1. The Hall–Kier alpha value is -1.93. The molecule has 0 bridgehead atoms. The first-order valence-corrected chi connectivity index (χ1v) is 11.6. The van der Waals surface area contributed by atoms with Crippen molar-refractivity contribution in [1.29, 1.82) is 5.26 Å². The lowest BCUT2D eigenvalue weighted by Gasteiger charge is -2.49. The molecule has 1 fully saturated rings. The molecule has 0 unspecified atom stereocenters. The highest BCUT2D eigenvalue weighted by atomic mass is 35.5. The molecule has 0 aromatic heterocycles. The molecule has 31 heavy (non-hydrogen) atoms.